The Kier molecular flexibility index (Phi) is 4.36. The lowest BCUT2D eigenvalue weighted by molar-refractivity contribution is -0.135. The molecule has 0 spiro atoms. The zero-order chi connectivity index (χ0) is 14.9. The Morgan fingerprint density at radius 1 is 1.48 bits per heavy atom. The van der Waals surface area contributed by atoms with Gasteiger partial charge in [0.15, 0.2) is 0 Å². The Hall–Kier alpha value is -0.870. The lowest BCUT2D eigenvalue weighted by Crippen LogP contribution is -2.46. The second-order valence-electron chi connectivity index (χ2n) is 6.41. The third-order valence-electron chi connectivity index (χ3n) is 4.84. The van der Waals surface area contributed by atoms with Crippen molar-refractivity contribution in [2.75, 3.05) is 26.7 Å². The van der Waals surface area contributed by atoms with E-state index in [-0.39, 0.29) is 5.41 Å². The highest BCUT2D eigenvalue weighted by atomic mass is 79.9. The Labute approximate surface area is 135 Å². The van der Waals surface area contributed by atoms with E-state index in [1.165, 1.54) is 12.0 Å². The molecule has 1 atom stereocenters. The summed E-state index contributed by atoms with van der Waals surface area (Å²) >= 11 is 3.52. The molecule has 1 unspecified atom stereocenters. The number of amides is 1. The highest BCUT2D eigenvalue weighted by Crippen LogP contribution is 2.50. The van der Waals surface area contributed by atoms with Crippen LogP contribution in [0.5, 0.6) is 0 Å². The van der Waals surface area contributed by atoms with Crippen LogP contribution in [0.25, 0.3) is 0 Å². The number of piperidine rings is 1. The van der Waals surface area contributed by atoms with E-state index < -0.39 is 0 Å². The normalized spacial score (nSPS) is 23.9. The van der Waals surface area contributed by atoms with Gasteiger partial charge in [-0.1, -0.05) is 28.1 Å². The number of carbonyl (C=O) groups is 1. The predicted octanol–water partition coefficient (Wildman–Crippen LogP) is 2.94. The molecule has 3 nitrogen and oxygen atoms in total. The Morgan fingerprint density at radius 3 is 2.95 bits per heavy atom. The lowest BCUT2D eigenvalue weighted by atomic mass is 9.91. The topological polar surface area (TPSA) is 32.3 Å². The minimum absolute atomic E-state index is 0.231. The molecule has 1 amide bonds. The van der Waals surface area contributed by atoms with Gasteiger partial charge in [-0.2, -0.15) is 0 Å². The molecule has 114 valence electrons. The molecule has 1 saturated carbocycles. The van der Waals surface area contributed by atoms with Crippen molar-refractivity contribution in [1.82, 2.24) is 10.2 Å². The van der Waals surface area contributed by atoms with Gasteiger partial charge in [0.05, 0.1) is 5.41 Å². The highest BCUT2D eigenvalue weighted by molar-refractivity contribution is 9.10. The highest BCUT2D eigenvalue weighted by Gasteiger charge is 2.53. The Balaban J connectivity index is 1.75. The van der Waals surface area contributed by atoms with Crippen molar-refractivity contribution < 1.29 is 4.79 Å². The molecule has 1 N–H and O–H groups in total. The molecule has 1 heterocycles. The maximum atomic E-state index is 13.0. The predicted molar refractivity (Wildman–Crippen MR) is 88.3 cm³/mol. The quantitative estimate of drug-likeness (QED) is 0.905. The summed E-state index contributed by atoms with van der Waals surface area (Å²) in [7, 11) is 1.99. The second-order valence-corrected chi connectivity index (χ2v) is 7.33. The van der Waals surface area contributed by atoms with Crippen molar-refractivity contribution in [2.24, 2.45) is 5.92 Å². The van der Waals surface area contributed by atoms with Crippen LogP contribution in [0.2, 0.25) is 0 Å². The third-order valence-corrected chi connectivity index (χ3v) is 5.33. The van der Waals surface area contributed by atoms with Crippen LogP contribution in [-0.2, 0) is 10.2 Å². The van der Waals surface area contributed by atoms with Crippen molar-refractivity contribution in [3.63, 3.8) is 0 Å². The molecular weight excluding hydrogens is 328 g/mol. The summed E-state index contributed by atoms with van der Waals surface area (Å²) < 4.78 is 1.06. The van der Waals surface area contributed by atoms with Gasteiger partial charge in [0, 0.05) is 17.6 Å². The van der Waals surface area contributed by atoms with Gasteiger partial charge in [0.2, 0.25) is 5.91 Å². The van der Waals surface area contributed by atoms with E-state index in [0.717, 1.165) is 43.4 Å². The minimum atomic E-state index is -0.231. The summed E-state index contributed by atoms with van der Waals surface area (Å²) in [5, 5.41) is 3.25. The van der Waals surface area contributed by atoms with E-state index in [1.54, 1.807) is 0 Å². The number of benzene rings is 1. The monoisotopic (exact) mass is 350 g/mol. The number of halogens is 1. The molecule has 1 saturated heterocycles. The van der Waals surface area contributed by atoms with Crippen LogP contribution in [0.15, 0.2) is 28.7 Å². The molecule has 2 aliphatic rings. The maximum absolute atomic E-state index is 13.0. The maximum Gasteiger partial charge on any atom is 0.233 e. The fraction of sp³-hybridized carbons (Fsp3) is 0.588. The van der Waals surface area contributed by atoms with Crippen LogP contribution in [0.4, 0.5) is 0 Å². The molecule has 1 aliphatic carbocycles. The molecule has 0 radical (unpaired) electrons. The summed E-state index contributed by atoms with van der Waals surface area (Å²) in [6, 6.07) is 8.27. The molecule has 1 aromatic rings. The minimum Gasteiger partial charge on any atom is -0.342 e. The van der Waals surface area contributed by atoms with Gasteiger partial charge in [0.1, 0.15) is 0 Å². The number of carbonyl (C=O) groups excluding carboxylic acids is 1. The molecule has 21 heavy (non-hydrogen) atoms. The standard InChI is InChI=1S/C17H23BrN2O/c1-19-11-13-4-3-9-20(12-13)16(21)17(7-8-17)14-5-2-6-15(18)10-14/h2,5-6,10,13,19H,3-4,7-9,11-12H2,1H3. The van der Waals surface area contributed by atoms with Crippen molar-refractivity contribution in [3.05, 3.63) is 34.3 Å². The lowest BCUT2D eigenvalue weighted by Gasteiger charge is -2.35. The fourth-order valence-corrected chi connectivity index (χ4v) is 3.94. The molecule has 1 aromatic carbocycles. The van der Waals surface area contributed by atoms with Crippen LogP contribution < -0.4 is 5.32 Å². The first kappa shape index (κ1) is 15.0. The number of nitrogens with one attached hydrogen (secondary N) is 1. The summed E-state index contributed by atoms with van der Waals surface area (Å²) in [4.78, 5) is 15.1. The molecule has 4 heteroatoms. The second kappa shape index (κ2) is 6.09. The first-order chi connectivity index (χ1) is 10.2. The van der Waals surface area contributed by atoms with Gasteiger partial charge >= 0.3 is 0 Å². The van der Waals surface area contributed by atoms with Gasteiger partial charge in [0.25, 0.3) is 0 Å². The van der Waals surface area contributed by atoms with Gasteiger partial charge in [-0.15, -0.1) is 0 Å². The van der Waals surface area contributed by atoms with E-state index >= 15 is 0 Å². The van der Waals surface area contributed by atoms with Crippen LogP contribution in [-0.4, -0.2) is 37.5 Å². The first-order valence-electron chi connectivity index (χ1n) is 7.86. The molecule has 2 fully saturated rings. The smallest absolute Gasteiger partial charge is 0.233 e. The number of nitrogens with zero attached hydrogens (tertiary/aromatic N) is 1. The molecule has 3 rings (SSSR count). The summed E-state index contributed by atoms with van der Waals surface area (Å²) in [6.45, 7) is 2.85. The molecule has 0 aromatic heterocycles. The number of rotatable bonds is 4. The summed E-state index contributed by atoms with van der Waals surface area (Å²) in [5.74, 6) is 0.951. The van der Waals surface area contributed by atoms with E-state index in [1.807, 2.05) is 19.2 Å². The molecule has 1 aliphatic heterocycles. The van der Waals surface area contributed by atoms with Gasteiger partial charge < -0.3 is 10.2 Å². The average molecular weight is 351 g/mol. The van der Waals surface area contributed by atoms with Crippen molar-refractivity contribution in [3.8, 4) is 0 Å². The van der Waals surface area contributed by atoms with Crippen molar-refractivity contribution >= 4 is 21.8 Å². The molecule has 0 bridgehead atoms. The van der Waals surface area contributed by atoms with Crippen LogP contribution in [0, 0.1) is 5.92 Å². The van der Waals surface area contributed by atoms with E-state index in [9.17, 15) is 4.79 Å². The summed E-state index contributed by atoms with van der Waals surface area (Å²) in [6.07, 6.45) is 4.35. The zero-order valence-electron chi connectivity index (χ0n) is 12.6. The largest absolute Gasteiger partial charge is 0.342 e. The van der Waals surface area contributed by atoms with Gasteiger partial charge in [-0.3, -0.25) is 4.79 Å². The van der Waals surface area contributed by atoms with E-state index in [0.29, 0.717) is 11.8 Å². The third kappa shape index (κ3) is 3.02. The Bertz CT molecular complexity index is 525. The Morgan fingerprint density at radius 2 is 2.29 bits per heavy atom. The zero-order valence-corrected chi connectivity index (χ0v) is 14.2. The SMILES string of the molecule is CNCC1CCCN(C(=O)C2(c3cccc(Br)c3)CC2)C1. The van der Waals surface area contributed by atoms with Crippen molar-refractivity contribution in [2.45, 2.75) is 31.1 Å². The summed E-state index contributed by atoms with van der Waals surface area (Å²) in [5.41, 5.74) is 0.948. The van der Waals surface area contributed by atoms with Crippen molar-refractivity contribution in [1.29, 1.82) is 0 Å². The number of hydrogen-bond acceptors (Lipinski definition) is 2. The average Bonchev–Trinajstić information content (AvgIpc) is 3.29. The van der Waals surface area contributed by atoms with Gasteiger partial charge in [-0.05, 0) is 62.9 Å². The first-order valence-corrected chi connectivity index (χ1v) is 8.65. The van der Waals surface area contributed by atoms with Crippen LogP contribution >= 0.6 is 15.9 Å². The van der Waals surface area contributed by atoms with E-state index in [4.69, 9.17) is 0 Å². The number of likely N-dealkylation sites (tertiary alicyclic amines) is 1. The van der Waals surface area contributed by atoms with Gasteiger partial charge in [-0.25, -0.2) is 0 Å². The van der Waals surface area contributed by atoms with Crippen LogP contribution in [0.3, 0.4) is 0 Å². The fourth-order valence-electron chi connectivity index (χ4n) is 3.54. The van der Waals surface area contributed by atoms with Crippen LogP contribution in [0.1, 0.15) is 31.2 Å². The van der Waals surface area contributed by atoms with E-state index in [2.05, 4.69) is 38.3 Å². The molecular formula is C17H23BrN2O. The number of hydrogen-bond donors (Lipinski definition) is 1.